The van der Waals surface area contributed by atoms with Crippen molar-refractivity contribution in [2.75, 3.05) is 31.1 Å². The number of benzene rings is 1. The molecule has 1 amide bonds. The van der Waals surface area contributed by atoms with Crippen LogP contribution in [0.4, 0.5) is 5.69 Å². The van der Waals surface area contributed by atoms with E-state index in [1.807, 2.05) is 17.9 Å². The van der Waals surface area contributed by atoms with Crippen molar-refractivity contribution < 1.29 is 4.79 Å². The second-order valence-electron chi connectivity index (χ2n) is 4.98. The number of nitrogens with two attached hydrogens (primary N) is 1. The van der Waals surface area contributed by atoms with Gasteiger partial charge in [-0.2, -0.15) is 0 Å². The molecule has 2 N–H and O–H groups in total. The standard InChI is InChI=1S/C14H20BrN3O/c1-10(16)13-9-12(15)3-4-14(13)18-7-5-17(6-8-18)11(2)19/h3-4,9-10H,5-8,16H2,1-2H3. The molecule has 0 aromatic heterocycles. The molecule has 0 aliphatic carbocycles. The van der Waals surface area contributed by atoms with E-state index in [4.69, 9.17) is 5.73 Å². The van der Waals surface area contributed by atoms with Crippen LogP contribution >= 0.6 is 15.9 Å². The van der Waals surface area contributed by atoms with Gasteiger partial charge in [-0.3, -0.25) is 4.79 Å². The minimum absolute atomic E-state index is 0.00154. The fourth-order valence-electron chi connectivity index (χ4n) is 2.44. The largest absolute Gasteiger partial charge is 0.368 e. The van der Waals surface area contributed by atoms with Gasteiger partial charge in [-0.1, -0.05) is 15.9 Å². The maximum atomic E-state index is 11.3. The van der Waals surface area contributed by atoms with Gasteiger partial charge in [-0.05, 0) is 30.7 Å². The molecule has 4 nitrogen and oxygen atoms in total. The Morgan fingerprint density at radius 1 is 1.32 bits per heavy atom. The molecule has 1 aliphatic rings. The van der Waals surface area contributed by atoms with Crippen molar-refractivity contribution in [1.29, 1.82) is 0 Å². The van der Waals surface area contributed by atoms with Crippen molar-refractivity contribution in [1.82, 2.24) is 4.90 Å². The van der Waals surface area contributed by atoms with E-state index in [-0.39, 0.29) is 11.9 Å². The normalized spacial score (nSPS) is 17.5. The van der Waals surface area contributed by atoms with Crippen molar-refractivity contribution in [3.63, 3.8) is 0 Å². The van der Waals surface area contributed by atoms with Gasteiger partial charge in [0.2, 0.25) is 5.91 Å². The second-order valence-corrected chi connectivity index (χ2v) is 5.90. The quantitative estimate of drug-likeness (QED) is 0.906. The number of carbonyl (C=O) groups is 1. The number of carbonyl (C=O) groups excluding carboxylic acids is 1. The van der Waals surface area contributed by atoms with Crippen molar-refractivity contribution in [3.05, 3.63) is 28.2 Å². The number of halogens is 1. The maximum Gasteiger partial charge on any atom is 0.219 e. The first-order valence-corrected chi connectivity index (χ1v) is 7.34. The molecule has 0 bridgehead atoms. The van der Waals surface area contributed by atoms with Crippen LogP contribution in [0, 0.1) is 0 Å². The van der Waals surface area contributed by atoms with Crippen LogP contribution in [0.2, 0.25) is 0 Å². The zero-order chi connectivity index (χ0) is 14.0. The van der Waals surface area contributed by atoms with Gasteiger partial charge in [0, 0.05) is 49.3 Å². The number of rotatable bonds is 2. The molecule has 1 unspecified atom stereocenters. The lowest BCUT2D eigenvalue weighted by molar-refractivity contribution is -0.129. The fourth-order valence-corrected chi connectivity index (χ4v) is 2.82. The highest BCUT2D eigenvalue weighted by molar-refractivity contribution is 9.10. The molecule has 104 valence electrons. The van der Waals surface area contributed by atoms with Gasteiger partial charge in [0.1, 0.15) is 0 Å². The molecule has 1 saturated heterocycles. The van der Waals surface area contributed by atoms with E-state index >= 15 is 0 Å². The number of piperazine rings is 1. The summed E-state index contributed by atoms with van der Waals surface area (Å²) in [7, 11) is 0. The third kappa shape index (κ3) is 3.28. The highest BCUT2D eigenvalue weighted by atomic mass is 79.9. The highest BCUT2D eigenvalue weighted by Gasteiger charge is 2.21. The van der Waals surface area contributed by atoms with Crippen LogP contribution in [0.3, 0.4) is 0 Å². The number of nitrogens with zero attached hydrogens (tertiary/aromatic N) is 2. The van der Waals surface area contributed by atoms with E-state index in [0.29, 0.717) is 0 Å². The summed E-state index contributed by atoms with van der Waals surface area (Å²) in [6.07, 6.45) is 0. The Morgan fingerprint density at radius 3 is 2.47 bits per heavy atom. The van der Waals surface area contributed by atoms with Gasteiger partial charge in [0.25, 0.3) is 0 Å². The van der Waals surface area contributed by atoms with Crippen molar-refractivity contribution in [2.45, 2.75) is 19.9 Å². The highest BCUT2D eigenvalue weighted by Crippen LogP contribution is 2.29. The van der Waals surface area contributed by atoms with Gasteiger partial charge in [-0.15, -0.1) is 0 Å². The Bertz CT molecular complexity index is 468. The summed E-state index contributed by atoms with van der Waals surface area (Å²) < 4.78 is 1.05. The first kappa shape index (κ1) is 14.3. The molecular weight excluding hydrogens is 306 g/mol. The Kier molecular flexibility index (Phi) is 4.47. The molecule has 1 fully saturated rings. The summed E-state index contributed by atoms with van der Waals surface area (Å²) in [4.78, 5) is 15.5. The molecule has 5 heteroatoms. The topological polar surface area (TPSA) is 49.6 Å². The fraction of sp³-hybridized carbons (Fsp3) is 0.500. The van der Waals surface area contributed by atoms with E-state index in [2.05, 4.69) is 33.0 Å². The van der Waals surface area contributed by atoms with E-state index in [1.54, 1.807) is 6.92 Å². The first-order chi connectivity index (χ1) is 8.99. The lowest BCUT2D eigenvalue weighted by Gasteiger charge is -2.37. The maximum absolute atomic E-state index is 11.3. The molecule has 0 spiro atoms. The van der Waals surface area contributed by atoms with E-state index < -0.39 is 0 Å². The number of amides is 1. The molecular formula is C14H20BrN3O. The van der Waals surface area contributed by atoms with E-state index in [0.717, 1.165) is 36.2 Å². The molecule has 0 saturated carbocycles. The molecule has 1 aromatic rings. The molecule has 2 rings (SSSR count). The summed E-state index contributed by atoms with van der Waals surface area (Å²) in [6.45, 7) is 6.91. The zero-order valence-corrected chi connectivity index (χ0v) is 13.0. The van der Waals surface area contributed by atoms with Crippen LogP contribution in [0.25, 0.3) is 0 Å². The number of anilines is 1. The van der Waals surface area contributed by atoms with Gasteiger partial charge in [0.15, 0.2) is 0 Å². The van der Waals surface area contributed by atoms with Crippen LogP contribution < -0.4 is 10.6 Å². The average molecular weight is 326 g/mol. The van der Waals surface area contributed by atoms with Crippen LogP contribution in [-0.2, 0) is 4.79 Å². The summed E-state index contributed by atoms with van der Waals surface area (Å²) in [6, 6.07) is 6.22. The SMILES string of the molecule is CC(=O)N1CCN(c2ccc(Br)cc2C(C)N)CC1. The third-order valence-electron chi connectivity index (χ3n) is 3.55. The van der Waals surface area contributed by atoms with Gasteiger partial charge < -0.3 is 15.5 Å². The van der Waals surface area contributed by atoms with Crippen LogP contribution in [-0.4, -0.2) is 37.0 Å². The molecule has 1 aliphatic heterocycles. The molecule has 1 aromatic carbocycles. The summed E-state index contributed by atoms with van der Waals surface area (Å²) in [5, 5.41) is 0. The lowest BCUT2D eigenvalue weighted by atomic mass is 10.1. The molecule has 1 atom stereocenters. The first-order valence-electron chi connectivity index (χ1n) is 6.54. The number of hydrogen-bond donors (Lipinski definition) is 1. The van der Waals surface area contributed by atoms with E-state index in [9.17, 15) is 4.79 Å². The lowest BCUT2D eigenvalue weighted by Crippen LogP contribution is -2.48. The van der Waals surface area contributed by atoms with E-state index in [1.165, 1.54) is 5.69 Å². The molecule has 0 radical (unpaired) electrons. The molecule has 1 heterocycles. The Labute approximate surface area is 122 Å². The Balaban J connectivity index is 2.17. The number of hydrogen-bond acceptors (Lipinski definition) is 3. The van der Waals surface area contributed by atoms with Gasteiger partial charge >= 0.3 is 0 Å². The minimum atomic E-state index is -0.00154. The van der Waals surface area contributed by atoms with Crippen LogP contribution in [0.15, 0.2) is 22.7 Å². The van der Waals surface area contributed by atoms with Crippen LogP contribution in [0.1, 0.15) is 25.5 Å². The molecule has 19 heavy (non-hydrogen) atoms. The third-order valence-corrected chi connectivity index (χ3v) is 4.04. The van der Waals surface area contributed by atoms with Crippen LogP contribution in [0.5, 0.6) is 0 Å². The van der Waals surface area contributed by atoms with Crippen molar-refractivity contribution in [3.8, 4) is 0 Å². The summed E-state index contributed by atoms with van der Waals surface area (Å²) in [5.74, 6) is 0.155. The predicted octanol–water partition coefficient (Wildman–Crippen LogP) is 2.14. The average Bonchev–Trinajstić information content (AvgIpc) is 2.38. The summed E-state index contributed by atoms with van der Waals surface area (Å²) in [5.41, 5.74) is 8.38. The minimum Gasteiger partial charge on any atom is -0.368 e. The zero-order valence-electron chi connectivity index (χ0n) is 11.4. The second kappa shape index (κ2) is 5.92. The Morgan fingerprint density at radius 2 is 1.95 bits per heavy atom. The predicted molar refractivity (Wildman–Crippen MR) is 81.2 cm³/mol. The van der Waals surface area contributed by atoms with Gasteiger partial charge in [-0.25, -0.2) is 0 Å². The van der Waals surface area contributed by atoms with Crippen molar-refractivity contribution >= 4 is 27.5 Å². The smallest absolute Gasteiger partial charge is 0.219 e. The summed E-state index contributed by atoms with van der Waals surface area (Å²) >= 11 is 3.49. The monoisotopic (exact) mass is 325 g/mol. The van der Waals surface area contributed by atoms with Gasteiger partial charge in [0.05, 0.1) is 0 Å². The Hall–Kier alpha value is -1.07. The van der Waals surface area contributed by atoms with Crippen molar-refractivity contribution in [2.24, 2.45) is 5.73 Å².